The summed E-state index contributed by atoms with van der Waals surface area (Å²) in [6.45, 7) is 7.62. The fourth-order valence-corrected chi connectivity index (χ4v) is 2.65. The standard InChI is InChI=1S/C15H20N2O3/c1-10(2)12-9-11-3-6-20-15(18)13(11)14(16-12)17-4-7-19-8-5-17/h9-10H,3-8H2,1-2H3. The van der Waals surface area contributed by atoms with Crippen LogP contribution in [0.2, 0.25) is 0 Å². The zero-order chi connectivity index (χ0) is 14.1. The second-order valence-electron chi connectivity index (χ2n) is 5.54. The summed E-state index contributed by atoms with van der Waals surface area (Å²) in [5.41, 5.74) is 2.77. The van der Waals surface area contributed by atoms with Gasteiger partial charge in [0.25, 0.3) is 0 Å². The van der Waals surface area contributed by atoms with Gasteiger partial charge < -0.3 is 14.4 Å². The molecule has 0 radical (unpaired) electrons. The number of aromatic nitrogens is 1. The number of rotatable bonds is 2. The molecule has 0 spiro atoms. The molecule has 5 heteroatoms. The molecule has 0 N–H and O–H groups in total. The molecule has 1 fully saturated rings. The summed E-state index contributed by atoms with van der Waals surface area (Å²) in [6.07, 6.45) is 0.778. The molecule has 108 valence electrons. The van der Waals surface area contributed by atoms with E-state index in [2.05, 4.69) is 24.8 Å². The summed E-state index contributed by atoms with van der Waals surface area (Å²) in [6, 6.07) is 2.06. The Hall–Kier alpha value is -1.62. The lowest BCUT2D eigenvalue weighted by Crippen LogP contribution is -2.38. The quantitative estimate of drug-likeness (QED) is 0.770. The van der Waals surface area contributed by atoms with Gasteiger partial charge in [0.1, 0.15) is 11.4 Å². The van der Waals surface area contributed by atoms with E-state index in [4.69, 9.17) is 14.5 Å². The molecule has 0 bridgehead atoms. The number of anilines is 1. The SMILES string of the molecule is CC(C)c1cc2c(c(N3CCOCC3)n1)C(=O)OCC2. The van der Waals surface area contributed by atoms with Gasteiger partial charge in [-0.05, 0) is 17.5 Å². The number of cyclic esters (lactones) is 1. The van der Waals surface area contributed by atoms with E-state index in [9.17, 15) is 4.79 Å². The molecule has 1 aromatic heterocycles. The zero-order valence-corrected chi connectivity index (χ0v) is 12.0. The maximum absolute atomic E-state index is 12.1. The highest BCUT2D eigenvalue weighted by atomic mass is 16.5. The fourth-order valence-electron chi connectivity index (χ4n) is 2.65. The van der Waals surface area contributed by atoms with E-state index in [0.29, 0.717) is 31.3 Å². The highest BCUT2D eigenvalue weighted by Gasteiger charge is 2.28. The van der Waals surface area contributed by atoms with Gasteiger partial charge in [-0.1, -0.05) is 13.8 Å². The summed E-state index contributed by atoms with van der Waals surface area (Å²) < 4.78 is 10.6. The molecule has 0 unspecified atom stereocenters. The highest BCUT2D eigenvalue weighted by Crippen LogP contribution is 2.30. The van der Waals surface area contributed by atoms with Crippen LogP contribution < -0.4 is 4.90 Å². The minimum Gasteiger partial charge on any atom is -0.462 e. The van der Waals surface area contributed by atoms with Gasteiger partial charge >= 0.3 is 5.97 Å². The summed E-state index contributed by atoms with van der Waals surface area (Å²) >= 11 is 0. The van der Waals surface area contributed by atoms with Crippen LogP contribution in [0.5, 0.6) is 0 Å². The van der Waals surface area contributed by atoms with Crippen LogP contribution in [-0.4, -0.2) is 43.9 Å². The number of fused-ring (bicyclic) bond motifs is 1. The van der Waals surface area contributed by atoms with Crippen molar-refractivity contribution in [1.29, 1.82) is 0 Å². The molecule has 5 nitrogen and oxygen atoms in total. The van der Waals surface area contributed by atoms with Gasteiger partial charge in [-0.15, -0.1) is 0 Å². The van der Waals surface area contributed by atoms with Crippen molar-refractivity contribution in [3.8, 4) is 0 Å². The van der Waals surface area contributed by atoms with Crippen molar-refractivity contribution in [2.45, 2.75) is 26.2 Å². The summed E-state index contributed by atoms with van der Waals surface area (Å²) in [4.78, 5) is 19.0. The molecule has 1 saturated heterocycles. The van der Waals surface area contributed by atoms with Crippen molar-refractivity contribution >= 4 is 11.8 Å². The zero-order valence-electron chi connectivity index (χ0n) is 12.0. The first-order valence-electron chi connectivity index (χ1n) is 7.20. The number of esters is 1. The van der Waals surface area contributed by atoms with Crippen LogP contribution in [-0.2, 0) is 15.9 Å². The molecule has 3 rings (SSSR count). The van der Waals surface area contributed by atoms with E-state index in [1.165, 1.54) is 0 Å². The molecule has 1 aromatic rings. The molecule has 20 heavy (non-hydrogen) atoms. The van der Waals surface area contributed by atoms with Gasteiger partial charge in [-0.3, -0.25) is 0 Å². The Morgan fingerprint density at radius 1 is 1.25 bits per heavy atom. The lowest BCUT2D eigenvalue weighted by atomic mass is 9.99. The third kappa shape index (κ3) is 2.38. The third-order valence-electron chi connectivity index (χ3n) is 3.81. The average molecular weight is 276 g/mol. The van der Waals surface area contributed by atoms with E-state index in [-0.39, 0.29) is 5.97 Å². The van der Waals surface area contributed by atoms with Crippen LogP contribution in [0, 0.1) is 0 Å². The van der Waals surface area contributed by atoms with Crippen molar-refractivity contribution in [2.75, 3.05) is 37.8 Å². The normalized spacial score (nSPS) is 18.9. The first-order valence-corrected chi connectivity index (χ1v) is 7.20. The predicted molar refractivity (Wildman–Crippen MR) is 75.3 cm³/mol. The van der Waals surface area contributed by atoms with Crippen molar-refractivity contribution in [3.05, 3.63) is 22.9 Å². The van der Waals surface area contributed by atoms with Crippen LogP contribution >= 0.6 is 0 Å². The molecule has 0 aliphatic carbocycles. The number of nitrogens with zero attached hydrogens (tertiary/aromatic N) is 2. The van der Waals surface area contributed by atoms with E-state index < -0.39 is 0 Å². The Kier molecular flexibility index (Phi) is 3.61. The fraction of sp³-hybridized carbons (Fsp3) is 0.600. The maximum atomic E-state index is 12.1. The molecule has 2 aliphatic rings. The van der Waals surface area contributed by atoms with Gasteiger partial charge in [0.15, 0.2) is 0 Å². The predicted octanol–water partition coefficient (Wildman–Crippen LogP) is 1.75. The Labute approximate surface area is 118 Å². The van der Waals surface area contributed by atoms with E-state index >= 15 is 0 Å². The Morgan fingerprint density at radius 2 is 2.00 bits per heavy atom. The second-order valence-corrected chi connectivity index (χ2v) is 5.54. The summed E-state index contributed by atoms with van der Waals surface area (Å²) in [5.74, 6) is 0.882. The Morgan fingerprint density at radius 3 is 2.70 bits per heavy atom. The summed E-state index contributed by atoms with van der Waals surface area (Å²) in [7, 11) is 0. The molecule has 3 heterocycles. The smallest absolute Gasteiger partial charge is 0.342 e. The number of morpholine rings is 1. The number of pyridine rings is 1. The lowest BCUT2D eigenvalue weighted by molar-refractivity contribution is 0.0479. The molecule has 2 aliphatic heterocycles. The molecular formula is C15H20N2O3. The van der Waals surface area contributed by atoms with Crippen LogP contribution in [0.25, 0.3) is 0 Å². The van der Waals surface area contributed by atoms with E-state index in [1.807, 2.05) is 0 Å². The monoisotopic (exact) mass is 276 g/mol. The maximum Gasteiger partial charge on any atom is 0.342 e. The van der Waals surface area contributed by atoms with Gasteiger partial charge in [0.05, 0.1) is 19.8 Å². The second kappa shape index (κ2) is 5.40. The van der Waals surface area contributed by atoms with Crippen LogP contribution in [0.4, 0.5) is 5.82 Å². The van der Waals surface area contributed by atoms with Gasteiger partial charge in [0, 0.05) is 25.2 Å². The lowest BCUT2D eigenvalue weighted by Gasteiger charge is -2.31. The molecule has 0 amide bonds. The minimum atomic E-state index is -0.240. The van der Waals surface area contributed by atoms with Crippen molar-refractivity contribution in [3.63, 3.8) is 0 Å². The number of hydrogen-bond donors (Lipinski definition) is 0. The number of ether oxygens (including phenoxy) is 2. The van der Waals surface area contributed by atoms with Gasteiger partial charge in [-0.2, -0.15) is 0 Å². The first kappa shape index (κ1) is 13.4. The number of carbonyl (C=O) groups is 1. The molecule has 0 atom stereocenters. The average Bonchev–Trinajstić information content (AvgIpc) is 2.47. The van der Waals surface area contributed by atoms with Crippen LogP contribution in [0.1, 0.15) is 41.4 Å². The largest absolute Gasteiger partial charge is 0.462 e. The number of hydrogen-bond acceptors (Lipinski definition) is 5. The third-order valence-corrected chi connectivity index (χ3v) is 3.81. The number of carbonyl (C=O) groups excluding carboxylic acids is 1. The van der Waals surface area contributed by atoms with Gasteiger partial charge in [0.2, 0.25) is 0 Å². The van der Waals surface area contributed by atoms with Crippen molar-refractivity contribution in [2.24, 2.45) is 0 Å². The van der Waals surface area contributed by atoms with Crippen molar-refractivity contribution in [1.82, 2.24) is 4.98 Å². The van der Waals surface area contributed by atoms with Crippen molar-refractivity contribution < 1.29 is 14.3 Å². The van der Waals surface area contributed by atoms with Gasteiger partial charge in [-0.25, -0.2) is 9.78 Å². The highest BCUT2D eigenvalue weighted by molar-refractivity contribution is 5.97. The molecule has 0 saturated carbocycles. The summed E-state index contributed by atoms with van der Waals surface area (Å²) in [5, 5.41) is 0. The molecule has 0 aromatic carbocycles. The Bertz CT molecular complexity index is 522. The minimum absolute atomic E-state index is 0.240. The van der Waals surface area contributed by atoms with E-state index in [0.717, 1.165) is 36.6 Å². The van der Waals surface area contributed by atoms with Crippen LogP contribution in [0.15, 0.2) is 6.07 Å². The molecular weight excluding hydrogens is 256 g/mol. The van der Waals surface area contributed by atoms with Crippen LogP contribution in [0.3, 0.4) is 0 Å². The van der Waals surface area contributed by atoms with E-state index in [1.54, 1.807) is 0 Å². The topological polar surface area (TPSA) is 51.7 Å². The first-order chi connectivity index (χ1) is 9.66. The Balaban J connectivity index is 2.09.